The summed E-state index contributed by atoms with van der Waals surface area (Å²) in [5.41, 5.74) is 2.79. The van der Waals surface area contributed by atoms with Crippen LogP contribution in [0.3, 0.4) is 0 Å². The Hall–Kier alpha value is -1.51. The lowest BCUT2D eigenvalue weighted by atomic mass is 10.2. The zero-order valence-electron chi connectivity index (χ0n) is 11.2. The third kappa shape index (κ3) is 2.84. The lowest BCUT2D eigenvalue weighted by Crippen LogP contribution is -1.85. The molecule has 3 heteroatoms. The predicted octanol–water partition coefficient (Wildman–Crippen LogP) is 3.43. The minimum Gasteiger partial charge on any atom is -0.351 e. The molecule has 18 heavy (non-hydrogen) atoms. The van der Waals surface area contributed by atoms with Crippen LogP contribution in [-0.2, 0) is 7.05 Å². The van der Waals surface area contributed by atoms with E-state index < -0.39 is 0 Å². The highest BCUT2D eigenvalue weighted by Gasteiger charge is 2.24. The number of aromatic nitrogens is 3. The molecule has 4 rings (SSSR count). The SMILES string of the molecule is Cc1ccn(C2CC2)c1.Cn1cc(C2CC2)cn1. The van der Waals surface area contributed by atoms with Crippen LogP contribution in [0.5, 0.6) is 0 Å². The Morgan fingerprint density at radius 2 is 1.94 bits per heavy atom. The number of aryl methyl sites for hydroxylation is 2. The summed E-state index contributed by atoms with van der Waals surface area (Å²) >= 11 is 0. The average Bonchev–Trinajstić information content (AvgIpc) is 3.28. The molecule has 2 fully saturated rings. The van der Waals surface area contributed by atoms with E-state index in [4.69, 9.17) is 0 Å². The summed E-state index contributed by atoms with van der Waals surface area (Å²) in [6.07, 6.45) is 14.0. The van der Waals surface area contributed by atoms with E-state index in [1.807, 2.05) is 17.9 Å². The Bertz CT molecular complexity index is 467. The smallest absolute Gasteiger partial charge is 0.0524 e. The van der Waals surface area contributed by atoms with Gasteiger partial charge in [-0.25, -0.2) is 0 Å². The highest BCUT2D eigenvalue weighted by Crippen LogP contribution is 2.39. The molecule has 2 saturated carbocycles. The van der Waals surface area contributed by atoms with Crippen LogP contribution in [0.15, 0.2) is 30.9 Å². The maximum Gasteiger partial charge on any atom is 0.0524 e. The lowest BCUT2D eigenvalue weighted by Gasteiger charge is -1.94. The third-order valence-electron chi connectivity index (χ3n) is 3.60. The third-order valence-corrected chi connectivity index (χ3v) is 3.60. The topological polar surface area (TPSA) is 22.8 Å². The van der Waals surface area contributed by atoms with Crippen molar-refractivity contribution in [3.63, 3.8) is 0 Å². The van der Waals surface area contributed by atoms with Crippen molar-refractivity contribution in [2.75, 3.05) is 0 Å². The molecule has 0 bridgehead atoms. The normalized spacial score (nSPS) is 18.3. The van der Waals surface area contributed by atoms with Gasteiger partial charge in [0.2, 0.25) is 0 Å². The van der Waals surface area contributed by atoms with Crippen molar-refractivity contribution in [2.45, 2.75) is 44.6 Å². The number of hydrogen-bond acceptors (Lipinski definition) is 1. The molecule has 0 aromatic carbocycles. The van der Waals surface area contributed by atoms with Crippen LogP contribution in [0.4, 0.5) is 0 Å². The van der Waals surface area contributed by atoms with Gasteiger partial charge in [0.15, 0.2) is 0 Å². The summed E-state index contributed by atoms with van der Waals surface area (Å²) in [6, 6.07) is 3.01. The van der Waals surface area contributed by atoms with Gasteiger partial charge in [-0.2, -0.15) is 5.10 Å². The van der Waals surface area contributed by atoms with Crippen molar-refractivity contribution in [1.82, 2.24) is 14.3 Å². The Labute approximate surface area is 108 Å². The van der Waals surface area contributed by atoms with E-state index in [-0.39, 0.29) is 0 Å². The van der Waals surface area contributed by atoms with Crippen molar-refractivity contribution < 1.29 is 0 Å². The first-order valence-electron chi connectivity index (χ1n) is 6.85. The van der Waals surface area contributed by atoms with Crippen molar-refractivity contribution in [2.24, 2.45) is 7.05 Å². The highest BCUT2D eigenvalue weighted by molar-refractivity contribution is 5.16. The van der Waals surface area contributed by atoms with Gasteiger partial charge in [-0.05, 0) is 55.7 Å². The van der Waals surface area contributed by atoms with E-state index >= 15 is 0 Å². The van der Waals surface area contributed by atoms with Crippen LogP contribution in [0.1, 0.15) is 48.8 Å². The fourth-order valence-corrected chi connectivity index (χ4v) is 2.19. The monoisotopic (exact) mass is 243 g/mol. The molecule has 0 N–H and O–H groups in total. The van der Waals surface area contributed by atoms with Crippen molar-refractivity contribution in [1.29, 1.82) is 0 Å². The minimum absolute atomic E-state index is 0.846. The molecule has 0 amide bonds. The highest BCUT2D eigenvalue weighted by atomic mass is 15.2. The van der Waals surface area contributed by atoms with Crippen molar-refractivity contribution >= 4 is 0 Å². The molecule has 96 valence electrons. The van der Waals surface area contributed by atoms with E-state index in [1.165, 1.54) is 36.8 Å². The summed E-state index contributed by atoms with van der Waals surface area (Å²) in [4.78, 5) is 0. The fourth-order valence-electron chi connectivity index (χ4n) is 2.19. The number of hydrogen-bond donors (Lipinski definition) is 0. The molecule has 0 atom stereocenters. The van der Waals surface area contributed by atoms with Gasteiger partial charge in [-0.1, -0.05) is 0 Å². The molecule has 2 heterocycles. The van der Waals surface area contributed by atoms with Gasteiger partial charge in [0.05, 0.1) is 6.20 Å². The molecule has 2 aliphatic rings. The van der Waals surface area contributed by atoms with Crippen LogP contribution in [0.2, 0.25) is 0 Å². The van der Waals surface area contributed by atoms with Crippen LogP contribution in [0, 0.1) is 6.92 Å². The Kier molecular flexibility index (Phi) is 2.98. The minimum atomic E-state index is 0.846. The van der Waals surface area contributed by atoms with E-state index in [1.54, 1.807) is 0 Å². The second-order valence-electron chi connectivity index (χ2n) is 5.59. The van der Waals surface area contributed by atoms with Gasteiger partial charge in [-0.15, -0.1) is 0 Å². The van der Waals surface area contributed by atoms with Gasteiger partial charge in [0, 0.05) is 31.7 Å². The van der Waals surface area contributed by atoms with Crippen LogP contribution < -0.4 is 0 Å². The molecule has 0 spiro atoms. The molecular weight excluding hydrogens is 222 g/mol. The zero-order valence-corrected chi connectivity index (χ0v) is 11.2. The number of nitrogens with zero attached hydrogens (tertiary/aromatic N) is 3. The quantitative estimate of drug-likeness (QED) is 0.792. The van der Waals surface area contributed by atoms with Crippen molar-refractivity contribution in [3.8, 4) is 0 Å². The molecule has 0 radical (unpaired) electrons. The van der Waals surface area contributed by atoms with Crippen LogP contribution in [-0.4, -0.2) is 14.3 Å². The van der Waals surface area contributed by atoms with Crippen LogP contribution in [0.25, 0.3) is 0 Å². The summed E-state index contributed by atoms with van der Waals surface area (Å²) in [7, 11) is 1.96. The molecule has 0 aliphatic heterocycles. The standard InChI is InChI=1S/C8H11N.C7H10N2/c1-7-4-5-9(6-7)8-2-3-8;1-9-5-7(4-8-9)6-2-3-6/h4-6,8H,2-3H2,1H3;4-6H,2-3H2,1H3. The second-order valence-corrected chi connectivity index (χ2v) is 5.59. The molecule has 2 aliphatic carbocycles. The largest absolute Gasteiger partial charge is 0.351 e. The van der Waals surface area contributed by atoms with Crippen molar-refractivity contribution in [3.05, 3.63) is 42.0 Å². The first kappa shape index (κ1) is 11.6. The molecule has 0 saturated heterocycles. The van der Waals surface area contributed by atoms with Gasteiger partial charge in [0.1, 0.15) is 0 Å². The maximum atomic E-state index is 4.09. The number of rotatable bonds is 2. The maximum absolute atomic E-state index is 4.09. The van der Waals surface area contributed by atoms with Gasteiger partial charge in [0.25, 0.3) is 0 Å². The lowest BCUT2D eigenvalue weighted by molar-refractivity contribution is 0.746. The summed E-state index contributed by atoms with van der Waals surface area (Å²) in [5, 5.41) is 4.09. The van der Waals surface area contributed by atoms with E-state index in [0.717, 1.165) is 12.0 Å². The zero-order chi connectivity index (χ0) is 12.5. The van der Waals surface area contributed by atoms with E-state index in [0.29, 0.717) is 0 Å². The fraction of sp³-hybridized carbons (Fsp3) is 0.533. The first-order valence-corrected chi connectivity index (χ1v) is 6.85. The average molecular weight is 243 g/mol. The summed E-state index contributed by atoms with van der Waals surface area (Å²) in [5.74, 6) is 0.846. The molecule has 3 nitrogen and oxygen atoms in total. The van der Waals surface area contributed by atoms with Gasteiger partial charge < -0.3 is 4.57 Å². The van der Waals surface area contributed by atoms with Gasteiger partial charge in [-0.3, -0.25) is 4.68 Å². The Balaban J connectivity index is 0.000000111. The Morgan fingerprint density at radius 3 is 2.39 bits per heavy atom. The van der Waals surface area contributed by atoms with Crippen LogP contribution >= 0.6 is 0 Å². The summed E-state index contributed by atoms with van der Waals surface area (Å²) in [6.45, 7) is 2.14. The van der Waals surface area contributed by atoms with E-state index in [9.17, 15) is 0 Å². The summed E-state index contributed by atoms with van der Waals surface area (Å²) < 4.78 is 4.18. The first-order chi connectivity index (χ1) is 8.72. The molecule has 0 unspecified atom stereocenters. The Morgan fingerprint density at radius 1 is 1.17 bits per heavy atom. The van der Waals surface area contributed by atoms with E-state index in [2.05, 4.69) is 41.2 Å². The van der Waals surface area contributed by atoms with Gasteiger partial charge >= 0.3 is 0 Å². The second kappa shape index (κ2) is 4.63. The molecule has 2 aromatic rings. The molecular formula is C15H21N3. The molecule has 2 aromatic heterocycles. The predicted molar refractivity (Wildman–Crippen MR) is 72.6 cm³/mol.